The van der Waals surface area contributed by atoms with Crippen molar-refractivity contribution >= 4 is 73.1 Å². The van der Waals surface area contributed by atoms with Crippen molar-refractivity contribution in [3.05, 3.63) is 44.4 Å². The molecule has 47 heavy (non-hydrogen) atoms. The average molecular weight is 787 g/mol. The predicted octanol–water partition coefficient (Wildman–Crippen LogP) is 4.35. The van der Waals surface area contributed by atoms with Crippen molar-refractivity contribution in [1.82, 2.24) is 15.5 Å². The quantitative estimate of drug-likeness (QED) is 0.0935. The average Bonchev–Trinajstić information content (AvgIpc) is 3.21. The van der Waals surface area contributed by atoms with Crippen molar-refractivity contribution in [3.63, 3.8) is 0 Å². The van der Waals surface area contributed by atoms with Gasteiger partial charge in [-0.25, -0.2) is 4.79 Å². The molecular weight excluding hydrogens is 740 g/mol. The molecule has 1 heterocycles. The van der Waals surface area contributed by atoms with Crippen LogP contribution in [0.1, 0.15) is 84.6 Å². The normalized spacial score (nSPS) is 15.3. The van der Waals surface area contributed by atoms with Gasteiger partial charge in [-0.3, -0.25) is 33.7 Å². The number of carbonyl (C=O) groups excluding carboxylic acids is 7. The van der Waals surface area contributed by atoms with Crippen LogP contribution < -0.4 is 16.4 Å². The Bertz CT molecular complexity index is 1360. The Morgan fingerprint density at radius 1 is 0.957 bits per heavy atom. The molecule has 4 N–H and O–H groups in total. The number of benzene rings is 1. The molecule has 14 heteroatoms. The fourth-order valence-electron chi connectivity index (χ4n) is 4.89. The fourth-order valence-corrected chi connectivity index (χ4v) is 5.66. The van der Waals surface area contributed by atoms with Crippen LogP contribution in [-0.4, -0.2) is 65.3 Å². The Kier molecular flexibility index (Phi) is 16.3. The third-order valence-corrected chi connectivity index (χ3v) is 9.68. The van der Waals surface area contributed by atoms with E-state index in [9.17, 15) is 33.6 Å². The van der Waals surface area contributed by atoms with Gasteiger partial charge < -0.3 is 21.1 Å². The first-order valence-corrected chi connectivity index (χ1v) is 17.2. The van der Waals surface area contributed by atoms with E-state index in [0.29, 0.717) is 36.8 Å². The second-order valence-electron chi connectivity index (χ2n) is 11.6. The van der Waals surface area contributed by atoms with Crippen LogP contribution in [0.5, 0.6) is 0 Å². The number of urea groups is 1. The first kappa shape index (κ1) is 38.1. The van der Waals surface area contributed by atoms with Crippen LogP contribution in [0.2, 0.25) is 0 Å². The van der Waals surface area contributed by atoms with Crippen LogP contribution in [0.4, 0.5) is 4.79 Å². The van der Waals surface area contributed by atoms with Gasteiger partial charge in [0, 0.05) is 46.0 Å². The zero-order valence-corrected chi connectivity index (χ0v) is 30.1. The zero-order chi connectivity index (χ0) is 36.0. The van der Waals surface area contributed by atoms with E-state index < -0.39 is 48.1 Å². The number of nitrogens with zero attached hydrogens (tertiary/aromatic N) is 1. The second-order valence-corrected chi connectivity index (χ2v) is 13.2. The summed E-state index contributed by atoms with van der Waals surface area (Å²) in [6.07, 6.45) is 1.59. The summed E-state index contributed by atoms with van der Waals surface area (Å²) in [5.41, 5.74) is 6.53. The molecule has 0 spiro atoms. The van der Waals surface area contributed by atoms with Crippen molar-refractivity contribution in [1.29, 1.82) is 0 Å². The van der Waals surface area contributed by atoms with Gasteiger partial charge in [0.25, 0.3) is 11.8 Å². The lowest BCUT2D eigenvalue weighted by atomic mass is 9.88. The number of primary amides is 1. The summed E-state index contributed by atoms with van der Waals surface area (Å²) in [5.74, 6) is -3.03. The number of halogens is 2. The van der Waals surface area contributed by atoms with Crippen LogP contribution in [0.25, 0.3) is 0 Å². The van der Waals surface area contributed by atoms with E-state index in [1.54, 1.807) is 24.3 Å². The Balaban J connectivity index is 1.95. The highest BCUT2D eigenvalue weighted by Gasteiger charge is 2.35. The maximum atomic E-state index is 13.4. The number of carbonyl (C=O) groups is 7. The molecule has 1 aromatic carbocycles. The summed E-state index contributed by atoms with van der Waals surface area (Å²) in [7, 11) is 0. The van der Waals surface area contributed by atoms with E-state index in [1.807, 2.05) is 13.8 Å². The molecule has 0 aliphatic carbocycles. The lowest BCUT2D eigenvalue weighted by Gasteiger charge is -2.24. The molecule has 1 aromatic rings. The standard InChI is InChI=1S/C33H44Br2N4O8/c1-4-27(42)47-19-22-13-11-21(12-14-22)17-26(41)25(10-8-15-37-33(36)46)38-30(43)24(20(2)3)18-23(40)9-6-5-7-16-39-31(44)28(34)29(35)32(39)45/h11-14,20,24-25H,4-10,15-19H2,1-3H3,(H,38,43)(H3,36,37,46)/t24-,25-/m0/s1/i4T/t4?,24-,25-. The Labute approximate surface area is 293 Å². The largest absolute Gasteiger partial charge is 0.461 e. The Morgan fingerprint density at radius 2 is 1.57 bits per heavy atom. The van der Waals surface area contributed by atoms with Crippen LogP contribution in [-0.2, 0) is 46.5 Å². The van der Waals surface area contributed by atoms with E-state index in [2.05, 4.69) is 42.5 Å². The van der Waals surface area contributed by atoms with Crippen molar-refractivity contribution in [2.24, 2.45) is 17.6 Å². The van der Waals surface area contributed by atoms with Gasteiger partial charge in [-0.15, -0.1) is 0 Å². The number of imide groups is 1. The van der Waals surface area contributed by atoms with Gasteiger partial charge in [0.1, 0.15) is 21.4 Å². The Hall–Kier alpha value is -3.39. The Morgan fingerprint density at radius 3 is 2.15 bits per heavy atom. The third kappa shape index (κ3) is 13.3. The van der Waals surface area contributed by atoms with E-state index in [-0.39, 0.29) is 71.8 Å². The molecule has 258 valence electrons. The van der Waals surface area contributed by atoms with Crippen LogP contribution in [0.3, 0.4) is 0 Å². The van der Waals surface area contributed by atoms with Gasteiger partial charge in [0.05, 0.1) is 6.04 Å². The molecular formula is C33H44Br2N4O8. The van der Waals surface area contributed by atoms with Gasteiger partial charge in [-0.2, -0.15) is 0 Å². The molecule has 0 aromatic heterocycles. The molecule has 0 saturated carbocycles. The number of ether oxygens (including phenoxy) is 1. The number of rotatable bonds is 21. The summed E-state index contributed by atoms with van der Waals surface area (Å²) in [6, 6.07) is 5.33. The maximum Gasteiger partial charge on any atom is 0.312 e. The highest BCUT2D eigenvalue weighted by atomic mass is 79.9. The maximum absolute atomic E-state index is 13.4. The number of hydrogen-bond acceptors (Lipinski definition) is 8. The van der Waals surface area contributed by atoms with Gasteiger partial charge >= 0.3 is 12.0 Å². The van der Waals surface area contributed by atoms with Crippen LogP contribution in [0.15, 0.2) is 33.2 Å². The molecule has 1 aliphatic rings. The summed E-state index contributed by atoms with van der Waals surface area (Å²) in [5, 5.41) is 5.32. The molecule has 3 atom stereocenters. The number of amides is 5. The van der Waals surface area contributed by atoms with Crippen LogP contribution in [0, 0.1) is 11.8 Å². The van der Waals surface area contributed by atoms with Crippen molar-refractivity contribution in [2.75, 3.05) is 13.1 Å². The zero-order valence-electron chi connectivity index (χ0n) is 27.9. The number of hydrogen-bond donors (Lipinski definition) is 3. The first-order chi connectivity index (χ1) is 22.6. The lowest BCUT2D eigenvalue weighted by molar-refractivity contribution is -0.144. The number of nitrogens with one attached hydrogen (secondary N) is 2. The first-order valence-electron chi connectivity index (χ1n) is 16.2. The topological polar surface area (TPSA) is 182 Å². The smallest absolute Gasteiger partial charge is 0.312 e. The molecule has 1 unspecified atom stereocenters. The number of unbranched alkanes of at least 4 members (excludes halogenated alkanes) is 2. The van der Waals surface area contributed by atoms with Crippen molar-refractivity contribution < 1.29 is 39.7 Å². The van der Waals surface area contributed by atoms with Crippen molar-refractivity contribution in [2.45, 2.75) is 91.2 Å². The fraction of sp³-hybridized carbons (Fsp3) is 0.545. The van der Waals surface area contributed by atoms with E-state index in [1.165, 1.54) is 6.92 Å². The van der Waals surface area contributed by atoms with E-state index in [0.717, 1.165) is 4.90 Å². The van der Waals surface area contributed by atoms with Gasteiger partial charge in [-0.1, -0.05) is 51.5 Å². The lowest BCUT2D eigenvalue weighted by Crippen LogP contribution is -2.46. The minimum atomic E-state index is -0.984. The predicted molar refractivity (Wildman–Crippen MR) is 182 cm³/mol. The van der Waals surface area contributed by atoms with Gasteiger partial charge in [0.2, 0.25) is 5.91 Å². The minimum absolute atomic E-state index is 0.00554. The molecule has 0 radical (unpaired) electrons. The van der Waals surface area contributed by atoms with Gasteiger partial charge in [-0.05, 0) is 74.6 Å². The summed E-state index contributed by atoms with van der Waals surface area (Å²) >= 11 is 6.20. The van der Waals surface area contributed by atoms with Crippen molar-refractivity contribution in [3.8, 4) is 0 Å². The highest BCUT2D eigenvalue weighted by molar-refractivity contribution is 9.14. The molecule has 0 saturated heterocycles. The van der Waals surface area contributed by atoms with Gasteiger partial charge in [0.15, 0.2) is 5.78 Å². The molecule has 12 nitrogen and oxygen atoms in total. The number of Topliss-reactive ketones (excluding diaryl/α,β-unsaturated/α-hetero) is 2. The number of nitrogens with two attached hydrogens (primary N) is 1. The SMILES string of the molecule is [3H]C(C)C(=O)OCc1ccc(CC(=O)[C@H](CCCNC(N)=O)NC(=O)[C@@H](CC(=O)CCCCCN2C(=O)C(Br)=C(Br)C2=O)C(C)C)cc1. The number of esters is 1. The molecule has 1 aliphatic heterocycles. The molecule has 2 rings (SSSR count). The highest BCUT2D eigenvalue weighted by Crippen LogP contribution is 2.29. The monoisotopic (exact) mass is 784 g/mol. The molecule has 0 bridgehead atoms. The second kappa shape index (κ2) is 20.1. The molecule has 5 amide bonds. The van der Waals surface area contributed by atoms with Crippen LogP contribution >= 0.6 is 31.9 Å². The summed E-state index contributed by atoms with van der Waals surface area (Å²) in [4.78, 5) is 87.8. The minimum Gasteiger partial charge on any atom is -0.461 e. The number of ketones is 2. The summed E-state index contributed by atoms with van der Waals surface area (Å²) < 4.78 is 12.8. The third-order valence-electron chi connectivity index (χ3n) is 7.68. The summed E-state index contributed by atoms with van der Waals surface area (Å²) in [6.45, 7) is 5.56. The van der Waals surface area contributed by atoms with E-state index in [4.69, 9.17) is 11.8 Å². The van der Waals surface area contributed by atoms with E-state index >= 15 is 0 Å². The molecule has 0 fully saturated rings.